The maximum atomic E-state index is 13.3. The Morgan fingerprint density at radius 3 is 2.81 bits per heavy atom. The van der Waals surface area contributed by atoms with Crippen molar-refractivity contribution in [2.24, 2.45) is 0 Å². The van der Waals surface area contributed by atoms with Gasteiger partial charge in [-0.3, -0.25) is 4.79 Å². The summed E-state index contributed by atoms with van der Waals surface area (Å²) in [6, 6.07) is 11.0. The molecule has 0 fully saturated rings. The first-order valence-corrected chi connectivity index (χ1v) is 8.86. The molecule has 1 N–H and O–H groups in total. The molecule has 0 saturated carbocycles. The molecule has 0 spiro atoms. The number of hydrogen-bond acceptors (Lipinski definition) is 3. The SMILES string of the molecule is C=CCn1c(SC(C)C(=O)Nc2ccc(F)c(F)c2)nc2ccccc21. The second-order valence-corrected chi connectivity index (χ2v) is 6.97. The van der Waals surface area contributed by atoms with Gasteiger partial charge in [-0.2, -0.15) is 0 Å². The van der Waals surface area contributed by atoms with E-state index in [1.807, 2.05) is 28.8 Å². The second-order valence-electron chi connectivity index (χ2n) is 5.66. The lowest BCUT2D eigenvalue weighted by Crippen LogP contribution is -2.23. The molecule has 1 unspecified atom stereocenters. The van der Waals surface area contributed by atoms with Gasteiger partial charge in [0.15, 0.2) is 16.8 Å². The molecular weight excluding hydrogens is 356 g/mol. The van der Waals surface area contributed by atoms with Gasteiger partial charge in [0.2, 0.25) is 5.91 Å². The summed E-state index contributed by atoms with van der Waals surface area (Å²) in [5, 5.41) is 2.80. The van der Waals surface area contributed by atoms with Gasteiger partial charge in [0.25, 0.3) is 0 Å². The quantitative estimate of drug-likeness (QED) is 0.507. The van der Waals surface area contributed by atoms with Crippen molar-refractivity contribution in [2.45, 2.75) is 23.9 Å². The van der Waals surface area contributed by atoms with Crippen molar-refractivity contribution in [1.29, 1.82) is 0 Å². The van der Waals surface area contributed by atoms with Gasteiger partial charge in [0.1, 0.15) is 0 Å². The summed E-state index contributed by atoms with van der Waals surface area (Å²) in [4.78, 5) is 17.0. The highest BCUT2D eigenvalue weighted by atomic mass is 32.2. The molecule has 134 valence electrons. The molecule has 0 saturated heterocycles. The van der Waals surface area contributed by atoms with Gasteiger partial charge in [0.05, 0.1) is 16.3 Å². The zero-order valence-electron chi connectivity index (χ0n) is 14.1. The smallest absolute Gasteiger partial charge is 0.237 e. The number of carbonyl (C=O) groups excluding carboxylic acids is 1. The number of nitrogens with zero attached hydrogens (tertiary/aromatic N) is 2. The topological polar surface area (TPSA) is 46.9 Å². The molecule has 1 heterocycles. The molecule has 26 heavy (non-hydrogen) atoms. The Hall–Kier alpha value is -2.67. The third kappa shape index (κ3) is 3.77. The summed E-state index contributed by atoms with van der Waals surface area (Å²) in [6.45, 7) is 6.07. The van der Waals surface area contributed by atoms with E-state index in [-0.39, 0.29) is 11.6 Å². The summed E-state index contributed by atoms with van der Waals surface area (Å²) in [7, 11) is 0. The number of rotatable bonds is 6. The van der Waals surface area contributed by atoms with E-state index in [1.54, 1.807) is 13.0 Å². The standard InChI is InChI=1S/C19H17F2N3OS/c1-3-10-24-17-7-5-4-6-16(17)23-19(24)26-12(2)18(25)22-13-8-9-14(20)15(21)11-13/h3-9,11-12H,1,10H2,2H3,(H,22,25). The van der Waals surface area contributed by atoms with Crippen LogP contribution in [0.1, 0.15) is 6.92 Å². The molecule has 0 aliphatic carbocycles. The lowest BCUT2D eigenvalue weighted by Gasteiger charge is -2.13. The van der Waals surface area contributed by atoms with E-state index in [4.69, 9.17) is 0 Å². The summed E-state index contributed by atoms with van der Waals surface area (Å²) >= 11 is 1.29. The Labute approximate surface area is 153 Å². The summed E-state index contributed by atoms with van der Waals surface area (Å²) in [6.07, 6.45) is 1.77. The van der Waals surface area contributed by atoms with E-state index in [1.165, 1.54) is 17.8 Å². The van der Waals surface area contributed by atoms with E-state index < -0.39 is 16.9 Å². The Morgan fingerprint density at radius 2 is 2.08 bits per heavy atom. The number of benzene rings is 2. The summed E-state index contributed by atoms with van der Waals surface area (Å²) in [5.41, 5.74) is 2.01. The van der Waals surface area contributed by atoms with Crippen molar-refractivity contribution < 1.29 is 13.6 Å². The van der Waals surface area contributed by atoms with E-state index >= 15 is 0 Å². The van der Waals surface area contributed by atoms with Crippen molar-refractivity contribution in [2.75, 3.05) is 5.32 Å². The van der Waals surface area contributed by atoms with Crippen LogP contribution in [0.25, 0.3) is 11.0 Å². The first-order chi connectivity index (χ1) is 12.5. The second kappa shape index (κ2) is 7.70. The largest absolute Gasteiger partial charge is 0.325 e. The molecule has 1 atom stereocenters. The van der Waals surface area contributed by atoms with E-state index in [0.29, 0.717) is 11.7 Å². The minimum atomic E-state index is -1.00. The Kier molecular flexibility index (Phi) is 5.37. The van der Waals surface area contributed by atoms with E-state index in [0.717, 1.165) is 23.2 Å². The number of thioether (sulfide) groups is 1. The highest BCUT2D eigenvalue weighted by Crippen LogP contribution is 2.28. The number of hydrogen-bond donors (Lipinski definition) is 1. The third-order valence-corrected chi connectivity index (χ3v) is 4.86. The molecule has 1 aromatic heterocycles. The van der Waals surface area contributed by atoms with Crippen LogP contribution < -0.4 is 5.32 Å². The van der Waals surface area contributed by atoms with Gasteiger partial charge in [-0.15, -0.1) is 6.58 Å². The van der Waals surface area contributed by atoms with Gasteiger partial charge in [-0.25, -0.2) is 13.8 Å². The van der Waals surface area contributed by atoms with Crippen LogP contribution in [-0.4, -0.2) is 20.7 Å². The van der Waals surface area contributed by atoms with Crippen LogP contribution in [0.5, 0.6) is 0 Å². The molecule has 4 nitrogen and oxygen atoms in total. The molecule has 2 aromatic carbocycles. The molecule has 3 aromatic rings. The van der Waals surface area contributed by atoms with Gasteiger partial charge < -0.3 is 9.88 Å². The van der Waals surface area contributed by atoms with Crippen molar-refractivity contribution in [1.82, 2.24) is 9.55 Å². The minimum absolute atomic E-state index is 0.209. The van der Waals surface area contributed by atoms with E-state index in [9.17, 15) is 13.6 Å². The fraction of sp³-hybridized carbons (Fsp3) is 0.158. The number of allylic oxidation sites excluding steroid dienone is 1. The number of imidazole rings is 1. The highest BCUT2D eigenvalue weighted by Gasteiger charge is 2.19. The van der Waals surface area contributed by atoms with E-state index in [2.05, 4.69) is 16.9 Å². The molecule has 0 bridgehead atoms. The fourth-order valence-corrected chi connectivity index (χ4v) is 3.41. The highest BCUT2D eigenvalue weighted by molar-refractivity contribution is 8.00. The van der Waals surface area contributed by atoms with Gasteiger partial charge in [0, 0.05) is 18.3 Å². The number of fused-ring (bicyclic) bond motifs is 1. The number of para-hydroxylation sites is 2. The predicted molar refractivity (Wildman–Crippen MR) is 100 cm³/mol. The van der Waals surface area contributed by atoms with Crippen LogP contribution in [0.15, 0.2) is 60.3 Å². The lowest BCUT2D eigenvalue weighted by atomic mass is 10.3. The van der Waals surface area contributed by atoms with Gasteiger partial charge in [-0.05, 0) is 31.2 Å². The maximum Gasteiger partial charge on any atom is 0.237 e. The number of aromatic nitrogens is 2. The van der Waals surface area contributed by atoms with Crippen LogP contribution in [0.3, 0.4) is 0 Å². The van der Waals surface area contributed by atoms with Crippen molar-refractivity contribution in [3.8, 4) is 0 Å². The summed E-state index contributed by atoms with van der Waals surface area (Å²) < 4.78 is 28.2. The average molecular weight is 373 g/mol. The Balaban J connectivity index is 1.78. The molecular formula is C19H17F2N3OS. The number of nitrogens with one attached hydrogen (secondary N) is 1. The van der Waals surface area contributed by atoms with Crippen molar-refractivity contribution >= 4 is 34.4 Å². The monoisotopic (exact) mass is 373 g/mol. The average Bonchev–Trinajstić information content (AvgIpc) is 2.96. The van der Waals surface area contributed by atoms with Crippen LogP contribution in [0.4, 0.5) is 14.5 Å². The molecule has 0 radical (unpaired) electrons. The van der Waals surface area contributed by atoms with Crippen LogP contribution in [0.2, 0.25) is 0 Å². The molecule has 1 amide bonds. The Morgan fingerprint density at radius 1 is 1.31 bits per heavy atom. The normalized spacial score (nSPS) is 12.1. The number of carbonyl (C=O) groups is 1. The number of halogens is 2. The molecule has 3 rings (SSSR count). The number of anilines is 1. The zero-order valence-corrected chi connectivity index (χ0v) is 14.9. The van der Waals surface area contributed by atoms with Gasteiger partial charge >= 0.3 is 0 Å². The molecule has 0 aliphatic rings. The zero-order chi connectivity index (χ0) is 18.7. The van der Waals surface area contributed by atoms with Crippen LogP contribution in [-0.2, 0) is 11.3 Å². The van der Waals surface area contributed by atoms with Crippen molar-refractivity contribution in [3.05, 3.63) is 66.8 Å². The van der Waals surface area contributed by atoms with Crippen LogP contribution >= 0.6 is 11.8 Å². The fourth-order valence-electron chi connectivity index (χ4n) is 2.48. The number of amides is 1. The predicted octanol–water partition coefficient (Wildman–Crippen LogP) is 4.62. The first-order valence-electron chi connectivity index (χ1n) is 7.98. The third-order valence-electron chi connectivity index (χ3n) is 3.77. The molecule has 7 heteroatoms. The molecule has 0 aliphatic heterocycles. The van der Waals surface area contributed by atoms with Gasteiger partial charge in [-0.1, -0.05) is 30.0 Å². The Bertz CT molecular complexity index is 971. The minimum Gasteiger partial charge on any atom is -0.325 e. The lowest BCUT2D eigenvalue weighted by molar-refractivity contribution is -0.115. The summed E-state index contributed by atoms with van der Waals surface area (Å²) in [5.74, 6) is -2.28. The van der Waals surface area contributed by atoms with Crippen LogP contribution in [0, 0.1) is 11.6 Å². The van der Waals surface area contributed by atoms with Crippen molar-refractivity contribution in [3.63, 3.8) is 0 Å². The first kappa shape index (κ1) is 18.1. The maximum absolute atomic E-state index is 13.3.